The fourth-order valence-corrected chi connectivity index (χ4v) is 4.23. The number of nitrogens with one attached hydrogen (secondary N) is 2. The molecule has 0 aliphatic carbocycles. The second-order valence-corrected chi connectivity index (χ2v) is 7.83. The second kappa shape index (κ2) is 7.42. The van der Waals surface area contributed by atoms with Crippen molar-refractivity contribution >= 4 is 22.6 Å². The van der Waals surface area contributed by atoms with Gasteiger partial charge in [-0.05, 0) is 54.6 Å². The molecule has 3 heterocycles. The highest BCUT2D eigenvalue weighted by Crippen LogP contribution is 2.36. The first-order chi connectivity index (χ1) is 15.8. The zero-order valence-electron chi connectivity index (χ0n) is 17.2. The summed E-state index contributed by atoms with van der Waals surface area (Å²) in [5, 5.41) is 3.53. The van der Waals surface area contributed by atoms with Gasteiger partial charge in [0, 0.05) is 22.4 Å². The van der Waals surface area contributed by atoms with Crippen LogP contribution in [0.15, 0.2) is 95.6 Å². The Bertz CT molecular complexity index is 1370. The third-order valence-corrected chi connectivity index (χ3v) is 5.82. The Balaban J connectivity index is 1.29. The molecule has 0 saturated carbocycles. The molecule has 1 aliphatic rings. The summed E-state index contributed by atoms with van der Waals surface area (Å²) in [6.07, 6.45) is 1.35. The van der Waals surface area contributed by atoms with Crippen molar-refractivity contribution in [1.29, 1.82) is 0 Å². The number of anilines is 1. The highest BCUT2D eigenvalue weighted by molar-refractivity contribution is 5.99. The number of nitrogens with zero attached hydrogens (tertiary/aromatic N) is 2. The van der Waals surface area contributed by atoms with Gasteiger partial charge in [0.05, 0.1) is 23.8 Å². The predicted molar refractivity (Wildman–Crippen MR) is 123 cm³/mol. The number of aromatic nitrogens is 2. The lowest BCUT2D eigenvalue weighted by molar-refractivity contribution is 0.0715. The van der Waals surface area contributed by atoms with E-state index in [1.54, 1.807) is 11.2 Å². The van der Waals surface area contributed by atoms with E-state index < -0.39 is 0 Å². The second-order valence-electron chi connectivity index (χ2n) is 7.83. The summed E-state index contributed by atoms with van der Waals surface area (Å²) in [6, 6.07) is 27.5. The topological polar surface area (TPSA) is 74.2 Å². The van der Waals surface area contributed by atoms with Crippen molar-refractivity contribution in [1.82, 2.24) is 14.9 Å². The first kappa shape index (κ1) is 18.4. The van der Waals surface area contributed by atoms with Crippen LogP contribution in [-0.4, -0.2) is 20.8 Å². The summed E-state index contributed by atoms with van der Waals surface area (Å²) >= 11 is 0. The fraction of sp³-hybridized carbons (Fsp3) is 0.0769. The fourth-order valence-electron chi connectivity index (χ4n) is 4.23. The molecule has 6 heteroatoms. The number of hydrogen-bond acceptors (Lipinski definition) is 4. The molecule has 3 aromatic carbocycles. The molecular formula is C26H20N4O2. The highest BCUT2D eigenvalue weighted by Gasteiger charge is 2.36. The molecule has 6 nitrogen and oxygen atoms in total. The molecule has 6 rings (SSSR count). The Kier molecular flexibility index (Phi) is 4.28. The lowest BCUT2D eigenvalue weighted by Crippen LogP contribution is -2.31. The number of fused-ring (bicyclic) bond motifs is 2. The molecule has 1 aliphatic heterocycles. The first-order valence-corrected chi connectivity index (χ1v) is 10.5. The van der Waals surface area contributed by atoms with E-state index in [1.165, 1.54) is 0 Å². The number of carbonyl (C=O) groups excluding carboxylic acids is 1. The molecule has 2 aromatic heterocycles. The molecule has 0 fully saturated rings. The first-order valence-electron chi connectivity index (χ1n) is 10.5. The number of imidazole rings is 1. The molecule has 0 radical (unpaired) electrons. The number of amides is 1. The van der Waals surface area contributed by atoms with Gasteiger partial charge in [0.25, 0.3) is 5.91 Å². The van der Waals surface area contributed by atoms with Crippen molar-refractivity contribution < 1.29 is 9.21 Å². The Labute approximate surface area is 184 Å². The number of carbonyl (C=O) groups is 1. The quantitative estimate of drug-likeness (QED) is 0.389. The molecule has 0 spiro atoms. The van der Waals surface area contributed by atoms with Crippen LogP contribution in [0.25, 0.3) is 22.4 Å². The third-order valence-electron chi connectivity index (χ3n) is 5.82. The maximum Gasteiger partial charge on any atom is 0.256 e. The highest BCUT2D eigenvalue weighted by atomic mass is 16.3. The molecule has 156 valence electrons. The summed E-state index contributed by atoms with van der Waals surface area (Å²) in [6.45, 7) is 0.398. The maximum atomic E-state index is 13.1. The van der Waals surface area contributed by atoms with E-state index in [0.717, 1.165) is 45.0 Å². The van der Waals surface area contributed by atoms with Crippen LogP contribution < -0.4 is 5.32 Å². The van der Waals surface area contributed by atoms with Crippen molar-refractivity contribution in [2.75, 3.05) is 5.32 Å². The van der Waals surface area contributed by atoms with Crippen LogP contribution in [0.4, 0.5) is 5.69 Å². The van der Waals surface area contributed by atoms with Crippen LogP contribution in [0, 0.1) is 0 Å². The number of furan rings is 1. The average Bonchev–Trinajstić information content (AvgIpc) is 3.55. The zero-order valence-corrected chi connectivity index (χ0v) is 17.2. The Morgan fingerprint density at radius 3 is 2.56 bits per heavy atom. The van der Waals surface area contributed by atoms with E-state index in [9.17, 15) is 4.79 Å². The van der Waals surface area contributed by atoms with Gasteiger partial charge < -0.3 is 19.6 Å². The van der Waals surface area contributed by atoms with Crippen LogP contribution in [0.3, 0.4) is 0 Å². The number of para-hydroxylation sites is 2. The van der Waals surface area contributed by atoms with Gasteiger partial charge in [0.1, 0.15) is 17.8 Å². The van der Waals surface area contributed by atoms with Gasteiger partial charge in [-0.15, -0.1) is 0 Å². The van der Waals surface area contributed by atoms with Crippen LogP contribution in [0.2, 0.25) is 0 Å². The van der Waals surface area contributed by atoms with Crippen molar-refractivity contribution in [3.63, 3.8) is 0 Å². The van der Waals surface area contributed by atoms with Gasteiger partial charge in [-0.3, -0.25) is 4.79 Å². The molecule has 0 saturated heterocycles. The van der Waals surface area contributed by atoms with Crippen molar-refractivity contribution in [2.24, 2.45) is 0 Å². The zero-order chi connectivity index (χ0) is 21.5. The smallest absolute Gasteiger partial charge is 0.256 e. The average molecular weight is 420 g/mol. The Hall–Kier alpha value is -4.32. The van der Waals surface area contributed by atoms with Crippen LogP contribution in [0.5, 0.6) is 0 Å². The van der Waals surface area contributed by atoms with Gasteiger partial charge in [-0.1, -0.05) is 30.3 Å². The van der Waals surface area contributed by atoms with Crippen LogP contribution >= 0.6 is 0 Å². The lowest BCUT2D eigenvalue weighted by atomic mass is 10.1. The molecule has 0 unspecified atom stereocenters. The summed E-state index contributed by atoms with van der Waals surface area (Å²) in [5.74, 6) is 1.57. The van der Waals surface area contributed by atoms with Gasteiger partial charge in [-0.2, -0.15) is 0 Å². The van der Waals surface area contributed by atoms with Crippen LogP contribution in [0.1, 0.15) is 27.8 Å². The van der Waals surface area contributed by atoms with Gasteiger partial charge in [-0.25, -0.2) is 4.98 Å². The largest absolute Gasteiger partial charge is 0.467 e. The summed E-state index contributed by atoms with van der Waals surface area (Å²) in [4.78, 5) is 22.9. The van der Waals surface area contributed by atoms with E-state index >= 15 is 0 Å². The molecule has 0 bridgehead atoms. The standard InChI is InChI=1S/C26H20N4O2/c31-26-21-8-2-1-7-20(21)25(30(26)16-19-6-5-15-32-19)27-18-13-11-17(12-14-18)24-28-22-9-3-4-10-23(22)29-24/h1-15,25,27H,16H2,(H,28,29)/t25-/m1/s1. The third kappa shape index (κ3) is 3.13. The monoisotopic (exact) mass is 420 g/mol. The number of rotatable bonds is 5. The summed E-state index contributed by atoms with van der Waals surface area (Å²) in [5.41, 5.74) is 5.56. The molecule has 5 aromatic rings. The van der Waals surface area contributed by atoms with E-state index in [4.69, 9.17) is 4.42 Å². The van der Waals surface area contributed by atoms with Gasteiger partial charge in [0.15, 0.2) is 0 Å². The van der Waals surface area contributed by atoms with Gasteiger partial charge in [0.2, 0.25) is 0 Å². The van der Waals surface area contributed by atoms with Gasteiger partial charge >= 0.3 is 0 Å². The van der Waals surface area contributed by atoms with E-state index in [2.05, 4.69) is 15.3 Å². The van der Waals surface area contributed by atoms with E-state index in [-0.39, 0.29) is 12.1 Å². The molecule has 1 amide bonds. The maximum absolute atomic E-state index is 13.1. The number of H-pyrrole nitrogens is 1. The lowest BCUT2D eigenvalue weighted by Gasteiger charge is -2.26. The number of hydrogen-bond donors (Lipinski definition) is 2. The van der Waals surface area contributed by atoms with Crippen molar-refractivity contribution in [3.05, 3.63) is 108 Å². The predicted octanol–water partition coefficient (Wildman–Crippen LogP) is 5.59. The molecule has 1 atom stereocenters. The molecule has 32 heavy (non-hydrogen) atoms. The minimum Gasteiger partial charge on any atom is -0.467 e. The Morgan fingerprint density at radius 1 is 0.938 bits per heavy atom. The van der Waals surface area contributed by atoms with Crippen LogP contribution in [-0.2, 0) is 6.54 Å². The number of benzene rings is 3. The van der Waals surface area contributed by atoms with E-state index in [1.807, 2.05) is 84.9 Å². The minimum atomic E-state index is -0.277. The number of aromatic amines is 1. The SMILES string of the molecule is O=C1c2ccccc2[C@H](Nc2ccc(-c3nc4ccccc4[nH]3)cc2)N1Cc1ccco1. The minimum absolute atomic E-state index is 0.00612. The van der Waals surface area contributed by atoms with Crippen molar-refractivity contribution in [3.8, 4) is 11.4 Å². The summed E-state index contributed by atoms with van der Waals surface area (Å²) < 4.78 is 5.50. The van der Waals surface area contributed by atoms with E-state index in [0.29, 0.717) is 6.54 Å². The Morgan fingerprint density at radius 2 is 1.75 bits per heavy atom. The molecular weight excluding hydrogens is 400 g/mol. The molecule has 2 N–H and O–H groups in total. The summed E-state index contributed by atoms with van der Waals surface area (Å²) in [7, 11) is 0. The van der Waals surface area contributed by atoms with Crippen molar-refractivity contribution in [2.45, 2.75) is 12.7 Å². The normalized spacial score (nSPS) is 15.3.